The third-order valence-corrected chi connectivity index (χ3v) is 5.32. The number of hydrogen-bond donors (Lipinski definition) is 0. The van der Waals surface area contributed by atoms with Gasteiger partial charge < -0.3 is 9.47 Å². The summed E-state index contributed by atoms with van der Waals surface area (Å²) in [5, 5.41) is 0.656. The zero-order chi connectivity index (χ0) is 20.6. The Labute approximate surface area is 175 Å². The molecule has 0 unspecified atom stereocenters. The van der Waals surface area contributed by atoms with Crippen LogP contribution in [0, 0.1) is 0 Å². The van der Waals surface area contributed by atoms with Gasteiger partial charge in [0.15, 0.2) is 16.7 Å². The van der Waals surface area contributed by atoms with E-state index < -0.39 is 0 Å². The maximum absolute atomic E-state index is 12.8. The topological polar surface area (TPSA) is 64.0 Å². The van der Waals surface area contributed by atoms with Crippen molar-refractivity contribution in [3.05, 3.63) is 53.2 Å². The van der Waals surface area contributed by atoms with Crippen LogP contribution in [0.4, 0.5) is 5.69 Å². The Kier molecular flexibility index (Phi) is 7.30. The summed E-state index contributed by atoms with van der Waals surface area (Å²) in [7, 11) is 1.62. The molecule has 0 radical (unpaired) electrons. The summed E-state index contributed by atoms with van der Waals surface area (Å²) in [5.41, 5.74) is 1.59. The summed E-state index contributed by atoms with van der Waals surface area (Å²) in [6, 6.07) is 9.38. The second-order valence-electron chi connectivity index (χ2n) is 6.38. The number of hydrogen-bond acceptors (Lipinski definition) is 6. The molecule has 152 valence electrons. The first kappa shape index (κ1) is 20.9. The molecule has 0 spiro atoms. The predicted octanol–water partition coefficient (Wildman–Crippen LogP) is 4.89. The van der Waals surface area contributed by atoms with Crippen LogP contribution in [-0.4, -0.2) is 41.2 Å². The molecule has 7 heteroatoms. The van der Waals surface area contributed by atoms with Crippen LogP contribution in [0.2, 0.25) is 0 Å². The van der Waals surface area contributed by atoms with E-state index in [0.29, 0.717) is 34.7 Å². The number of ether oxygens (including phenoxy) is 2. The van der Waals surface area contributed by atoms with Gasteiger partial charge in [0.2, 0.25) is 0 Å². The second-order valence-corrected chi connectivity index (χ2v) is 7.39. The number of carbonyl (C=O) groups is 1. The van der Waals surface area contributed by atoms with Crippen molar-refractivity contribution in [1.82, 2.24) is 9.88 Å². The number of methoxy groups -OCH3 is 1. The van der Waals surface area contributed by atoms with Gasteiger partial charge in [-0.05, 0) is 61.0 Å². The molecule has 1 aromatic heterocycles. The van der Waals surface area contributed by atoms with E-state index in [1.165, 1.54) is 11.8 Å². The van der Waals surface area contributed by atoms with Crippen LogP contribution in [0.5, 0.6) is 11.5 Å². The molecule has 3 rings (SSSR count). The van der Waals surface area contributed by atoms with Crippen molar-refractivity contribution in [2.45, 2.75) is 26.7 Å². The molecule has 0 saturated carbocycles. The summed E-state index contributed by atoms with van der Waals surface area (Å²) in [4.78, 5) is 23.8. The largest absolute Gasteiger partial charge is 0.493 e. The van der Waals surface area contributed by atoms with Crippen molar-refractivity contribution in [3.8, 4) is 11.5 Å². The van der Waals surface area contributed by atoms with Crippen molar-refractivity contribution in [1.29, 1.82) is 0 Å². The summed E-state index contributed by atoms with van der Waals surface area (Å²) < 4.78 is 11.2. The molecule has 1 fully saturated rings. The van der Waals surface area contributed by atoms with E-state index in [9.17, 15) is 4.79 Å². The molecule has 1 aliphatic rings. The number of benzene rings is 1. The van der Waals surface area contributed by atoms with E-state index in [4.69, 9.17) is 9.47 Å². The highest BCUT2D eigenvalue weighted by Crippen LogP contribution is 2.35. The fourth-order valence-electron chi connectivity index (χ4n) is 2.77. The molecule has 2 heterocycles. The third-order valence-electron chi connectivity index (χ3n) is 4.32. The van der Waals surface area contributed by atoms with Crippen molar-refractivity contribution >= 4 is 34.6 Å². The number of aromatic nitrogens is 1. The summed E-state index contributed by atoms with van der Waals surface area (Å²) in [6.07, 6.45) is 7.30. The molecule has 1 aliphatic heterocycles. The average Bonchev–Trinajstić information content (AvgIpc) is 3.03. The van der Waals surface area contributed by atoms with Gasteiger partial charge >= 0.3 is 0 Å². The van der Waals surface area contributed by atoms with Gasteiger partial charge in [-0.3, -0.25) is 14.7 Å². The van der Waals surface area contributed by atoms with Gasteiger partial charge in [-0.2, -0.15) is 0 Å². The predicted molar refractivity (Wildman–Crippen MR) is 118 cm³/mol. The minimum Gasteiger partial charge on any atom is -0.493 e. The van der Waals surface area contributed by atoms with Crippen LogP contribution < -0.4 is 9.47 Å². The van der Waals surface area contributed by atoms with E-state index in [1.807, 2.05) is 43.3 Å². The molecule has 1 amide bonds. The number of amidine groups is 1. The summed E-state index contributed by atoms with van der Waals surface area (Å²) >= 11 is 1.36. The number of pyridine rings is 1. The lowest BCUT2D eigenvalue weighted by Crippen LogP contribution is -2.28. The summed E-state index contributed by atoms with van der Waals surface area (Å²) in [6.45, 7) is 5.26. The minimum absolute atomic E-state index is 0.0534. The first-order valence-electron chi connectivity index (χ1n) is 9.67. The van der Waals surface area contributed by atoms with E-state index in [-0.39, 0.29) is 5.91 Å². The van der Waals surface area contributed by atoms with Gasteiger partial charge in [0.05, 0.1) is 30.5 Å². The molecule has 0 bridgehead atoms. The average molecular weight is 412 g/mol. The molecule has 29 heavy (non-hydrogen) atoms. The smallest absolute Gasteiger partial charge is 0.266 e. The van der Waals surface area contributed by atoms with Gasteiger partial charge in [-0.15, -0.1) is 0 Å². The van der Waals surface area contributed by atoms with Gasteiger partial charge in [-0.25, -0.2) is 4.99 Å². The van der Waals surface area contributed by atoms with Gasteiger partial charge in [-0.1, -0.05) is 19.4 Å². The maximum Gasteiger partial charge on any atom is 0.266 e. The zero-order valence-corrected chi connectivity index (χ0v) is 17.7. The third kappa shape index (κ3) is 5.17. The van der Waals surface area contributed by atoms with Crippen LogP contribution in [0.3, 0.4) is 0 Å². The molecular weight excluding hydrogens is 386 g/mol. The molecule has 0 aliphatic carbocycles. The van der Waals surface area contributed by atoms with Crippen molar-refractivity contribution in [3.63, 3.8) is 0 Å². The van der Waals surface area contributed by atoms with Crippen molar-refractivity contribution in [2.24, 2.45) is 4.99 Å². The Morgan fingerprint density at radius 3 is 2.79 bits per heavy atom. The van der Waals surface area contributed by atoms with Gasteiger partial charge in [0.25, 0.3) is 5.91 Å². The fourth-order valence-corrected chi connectivity index (χ4v) is 3.83. The number of unbranched alkanes of at least 4 members (excludes halogenated alkanes) is 1. The lowest BCUT2D eigenvalue weighted by Gasteiger charge is -2.12. The van der Waals surface area contributed by atoms with Crippen LogP contribution >= 0.6 is 11.8 Å². The van der Waals surface area contributed by atoms with Crippen LogP contribution in [0.1, 0.15) is 32.3 Å². The highest BCUT2D eigenvalue weighted by molar-refractivity contribution is 8.18. The minimum atomic E-state index is -0.0534. The normalized spacial score (nSPS) is 16.7. The Morgan fingerprint density at radius 1 is 1.24 bits per heavy atom. The summed E-state index contributed by atoms with van der Waals surface area (Å²) in [5.74, 6) is 1.31. The van der Waals surface area contributed by atoms with Crippen LogP contribution in [0.25, 0.3) is 6.08 Å². The number of nitrogens with zero attached hydrogens (tertiary/aromatic N) is 3. The highest BCUT2D eigenvalue weighted by atomic mass is 32.2. The number of rotatable bonds is 8. The van der Waals surface area contributed by atoms with E-state index in [0.717, 1.165) is 24.1 Å². The number of aliphatic imine (C=N–C) groups is 1. The first-order valence-corrected chi connectivity index (χ1v) is 10.5. The molecular formula is C22H25N3O3S. The SMILES string of the molecule is CCCCOc1ccc(/C=C2\SC(=Nc3cccnc3)N(CC)C2=O)cc1OC. The second kappa shape index (κ2) is 10.1. The maximum atomic E-state index is 12.8. The van der Waals surface area contributed by atoms with Crippen LogP contribution in [-0.2, 0) is 4.79 Å². The van der Waals surface area contributed by atoms with E-state index in [2.05, 4.69) is 16.9 Å². The molecule has 0 atom stereocenters. The number of carbonyl (C=O) groups excluding carboxylic acids is 1. The molecule has 1 saturated heterocycles. The van der Waals surface area contributed by atoms with Crippen LogP contribution in [0.15, 0.2) is 52.6 Å². The zero-order valence-electron chi connectivity index (χ0n) is 16.9. The molecule has 1 aromatic carbocycles. The lowest BCUT2D eigenvalue weighted by molar-refractivity contribution is -0.122. The van der Waals surface area contributed by atoms with Gasteiger partial charge in [0, 0.05) is 12.7 Å². The lowest BCUT2D eigenvalue weighted by atomic mass is 10.2. The Morgan fingerprint density at radius 2 is 2.10 bits per heavy atom. The quantitative estimate of drug-likeness (QED) is 0.457. The number of thioether (sulfide) groups is 1. The van der Waals surface area contributed by atoms with Crippen molar-refractivity contribution < 1.29 is 14.3 Å². The molecule has 2 aromatic rings. The Balaban J connectivity index is 1.84. The molecule has 0 N–H and O–H groups in total. The Hall–Kier alpha value is -2.80. The fraction of sp³-hybridized carbons (Fsp3) is 0.318. The Bertz CT molecular complexity index is 913. The monoisotopic (exact) mass is 411 g/mol. The van der Waals surface area contributed by atoms with E-state index in [1.54, 1.807) is 24.4 Å². The number of likely N-dealkylation sites (N-methyl/N-ethyl adjacent to an activating group) is 1. The van der Waals surface area contributed by atoms with Crippen molar-refractivity contribution in [2.75, 3.05) is 20.3 Å². The number of amides is 1. The first-order chi connectivity index (χ1) is 14.2. The molecule has 6 nitrogen and oxygen atoms in total. The standard InChI is InChI=1S/C22H25N3O3S/c1-4-6-12-28-18-10-9-16(13-19(18)27-3)14-20-21(26)25(5-2)22(29-20)24-17-8-7-11-23-15-17/h7-11,13-15H,4-6,12H2,1-3H3/b20-14-,24-22?. The van der Waals surface area contributed by atoms with E-state index >= 15 is 0 Å². The van der Waals surface area contributed by atoms with Gasteiger partial charge in [0.1, 0.15) is 0 Å². The highest BCUT2D eigenvalue weighted by Gasteiger charge is 2.32.